The minimum atomic E-state index is -0.477. The molecular formula is C27H29ClFN7O. The summed E-state index contributed by atoms with van der Waals surface area (Å²) in [7, 11) is 3.95. The average Bonchev–Trinajstić information content (AvgIpc) is 3.37. The number of likely N-dealkylation sites (N-methyl/N-ethyl adjacent to an activating group) is 1. The maximum Gasteiger partial charge on any atom is 0.246 e. The number of fused-ring (bicyclic) bond motifs is 2. The van der Waals surface area contributed by atoms with Crippen molar-refractivity contribution in [3.05, 3.63) is 59.3 Å². The number of anilines is 1. The first-order chi connectivity index (χ1) is 17.8. The second-order valence-electron chi connectivity index (χ2n) is 9.57. The first-order valence-corrected chi connectivity index (χ1v) is 12.6. The number of benzene rings is 2. The van der Waals surface area contributed by atoms with E-state index in [9.17, 15) is 4.79 Å². The van der Waals surface area contributed by atoms with Crippen LogP contribution in [-0.2, 0) is 11.2 Å². The van der Waals surface area contributed by atoms with Crippen LogP contribution in [0.25, 0.3) is 32.9 Å². The van der Waals surface area contributed by atoms with E-state index in [1.54, 1.807) is 17.2 Å². The molecule has 1 amide bonds. The highest BCUT2D eigenvalue weighted by Gasteiger charge is 2.26. The predicted molar refractivity (Wildman–Crippen MR) is 146 cm³/mol. The number of aromatic amines is 1. The number of nitrogens with one attached hydrogen (secondary N) is 1. The number of nitrogens with zero attached hydrogens (tertiary/aromatic N) is 6. The van der Waals surface area contributed by atoms with Crippen LogP contribution in [0.15, 0.2) is 37.1 Å². The summed E-state index contributed by atoms with van der Waals surface area (Å²) in [6.45, 7) is 8.42. The van der Waals surface area contributed by atoms with Crippen LogP contribution in [-0.4, -0.2) is 82.7 Å². The highest BCUT2D eigenvalue weighted by Crippen LogP contribution is 2.41. The molecule has 1 saturated heterocycles. The van der Waals surface area contributed by atoms with E-state index < -0.39 is 5.82 Å². The Morgan fingerprint density at radius 3 is 2.65 bits per heavy atom. The van der Waals surface area contributed by atoms with Gasteiger partial charge in [-0.25, -0.2) is 14.4 Å². The van der Waals surface area contributed by atoms with E-state index in [0.717, 1.165) is 23.0 Å². The standard InChI is InChI=1S/C27H29ClFN7O/c1-5-22(37)35-10-12-36(13-11-35)27-17-14-19(28)24(23-16(2)6-7-20-18(23)15-30-33-20)25(29)26(17)31-21(32-27)8-9-34(3)4/h5-7,14-15H,1,8-13H2,2-4H3,(H,30,33). The second-order valence-corrected chi connectivity index (χ2v) is 9.97. The fourth-order valence-electron chi connectivity index (χ4n) is 4.86. The lowest BCUT2D eigenvalue weighted by Crippen LogP contribution is -2.48. The Morgan fingerprint density at radius 2 is 1.95 bits per heavy atom. The van der Waals surface area contributed by atoms with Gasteiger partial charge in [0.05, 0.1) is 16.7 Å². The predicted octanol–water partition coefficient (Wildman–Crippen LogP) is 4.21. The van der Waals surface area contributed by atoms with Crippen LogP contribution in [0.5, 0.6) is 0 Å². The molecule has 1 N–H and O–H groups in total. The first-order valence-electron chi connectivity index (χ1n) is 12.2. The molecule has 10 heteroatoms. The number of carbonyl (C=O) groups excluding carboxylic acids is 1. The van der Waals surface area contributed by atoms with Crippen molar-refractivity contribution in [3.63, 3.8) is 0 Å². The van der Waals surface area contributed by atoms with Gasteiger partial charge in [-0.1, -0.05) is 24.2 Å². The van der Waals surface area contributed by atoms with E-state index in [0.29, 0.717) is 60.8 Å². The molecule has 0 bridgehead atoms. The average molecular weight is 522 g/mol. The largest absolute Gasteiger partial charge is 0.352 e. The van der Waals surface area contributed by atoms with Crippen molar-refractivity contribution in [2.75, 3.05) is 51.7 Å². The van der Waals surface area contributed by atoms with E-state index in [2.05, 4.69) is 26.7 Å². The van der Waals surface area contributed by atoms with Gasteiger partial charge in [0.1, 0.15) is 17.2 Å². The van der Waals surface area contributed by atoms with Gasteiger partial charge < -0.3 is 14.7 Å². The lowest BCUT2D eigenvalue weighted by Gasteiger charge is -2.35. The number of hydrogen-bond acceptors (Lipinski definition) is 6. The maximum absolute atomic E-state index is 16.5. The Hall–Kier alpha value is -3.56. The SMILES string of the molecule is C=CC(=O)N1CCN(c2nc(CCN(C)C)nc3c(F)c(-c4c(C)ccc5[nH]ncc45)c(Cl)cc23)CC1. The molecule has 8 nitrogen and oxygen atoms in total. The highest BCUT2D eigenvalue weighted by molar-refractivity contribution is 6.35. The quantitative estimate of drug-likeness (QED) is 0.383. The van der Waals surface area contributed by atoms with Crippen molar-refractivity contribution in [2.24, 2.45) is 0 Å². The minimum Gasteiger partial charge on any atom is -0.352 e. The molecule has 0 saturated carbocycles. The van der Waals surface area contributed by atoms with E-state index in [-0.39, 0.29) is 16.4 Å². The van der Waals surface area contributed by atoms with Gasteiger partial charge in [-0.2, -0.15) is 5.10 Å². The fraction of sp³-hybridized carbons (Fsp3) is 0.333. The Balaban J connectivity index is 1.67. The summed E-state index contributed by atoms with van der Waals surface area (Å²) in [4.78, 5) is 27.5. The van der Waals surface area contributed by atoms with E-state index in [1.165, 1.54) is 6.08 Å². The van der Waals surface area contributed by atoms with Crippen LogP contribution >= 0.6 is 11.6 Å². The zero-order valence-corrected chi connectivity index (χ0v) is 21.9. The maximum atomic E-state index is 16.5. The number of H-pyrrole nitrogens is 1. The second kappa shape index (κ2) is 10.1. The van der Waals surface area contributed by atoms with E-state index >= 15 is 4.39 Å². The van der Waals surface area contributed by atoms with Gasteiger partial charge in [0, 0.05) is 61.0 Å². The summed E-state index contributed by atoms with van der Waals surface area (Å²) in [5.41, 5.74) is 2.94. The van der Waals surface area contributed by atoms with Crippen molar-refractivity contribution >= 4 is 45.1 Å². The summed E-state index contributed by atoms with van der Waals surface area (Å²) in [6, 6.07) is 5.61. The molecule has 0 atom stereocenters. The van der Waals surface area contributed by atoms with Crippen molar-refractivity contribution in [3.8, 4) is 11.1 Å². The summed E-state index contributed by atoms with van der Waals surface area (Å²) in [6.07, 6.45) is 3.59. The molecule has 192 valence electrons. The lowest BCUT2D eigenvalue weighted by molar-refractivity contribution is -0.126. The van der Waals surface area contributed by atoms with E-state index in [1.807, 2.05) is 38.1 Å². The van der Waals surface area contributed by atoms with Gasteiger partial charge in [-0.15, -0.1) is 0 Å². The number of piperazine rings is 1. The van der Waals surface area contributed by atoms with Crippen LogP contribution in [0.1, 0.15) is 11.4 Å². The van der Waals surface area contributed by atoms with Crippen LogP contribution in [0.4, 0.5) is 10.2 Å². The summed E-state index contributed by atoms with van der Waals surface area (Å²) in [5, 5.41) is 8.73. The van der Waals surface area contributed by atoms with Crippen molar-refractivity contribution in [1.29, 1.82) is 0 Å². The van der Waals surface area contributed by atoms with E-state index in [4.69, 9.17) is 16.6 Å². The number of halogens is 2. The first kappa shape index (κ1) is 25.1. The third-order valence-corrected chi connectivity index (χ3v) is 7.14. The van der Waals surface area contributed by atoms with Crippen molar-refractivity contribution in [2.45, 2.75) is 13.3 Å². The molecule has 4 aromatic rings. The minimum absolute atomic E-state index is 0.0959. The van der Waals surface area contributed by atoms with Gasteiger partial charge >= 0.3 is 0 Å². The molecule has 2 aromatic carbocycles. The van der Waals surface area contributed by atoms with Crippen LogP contribution in [0.2, 0.25) is 5.02 Å². The number of aryl methyl sites for hydroxylation is 1. The molecule has 0 spiro atoms. The Kier molecular flexibility index (Phi) is 6.83. The summed E-state index contributed by atoms with van der Waals surface area (Å²) in [5.74, 6) is 0.622. The molecule has 0 radical (unpaired) electrons. The number of hydrogen-bond donors (Lipinski definition) is 1. The van der Waals surface area contributed by atoms with Gasteiger partial charge in [-0.05, 0) is 44.8 Å². The van der Waals surface area contributed by atoms with Gasteiger partial charge in [0.2, 0.25) is 5.91 Å². The third-order valence-electron chi connectivity index (χ3n) is 6.84. The fourth-order valence-corrected chi connectivity index (χ4v) is 5.14. The van der Waals surface area contributed by atoms with Crippen molar-refractivity contribution in [1.82, 2.24) is 30.0 Å². The molecule has 37 heavy (non-hydrogen) atoms. The third kappa shape index (κ3) is 4.65. The molecule has 5 rings (SSSR count). The molecular weight excluding hydrogens is 493 g/mol. The van der Waals surface area contributed by atoms with Crippen LogP contribution < -0.4 is 4.90 Å². The van der Waals surface area contributed by atoms with Crippen LogP contribution in [0, 0.1) is 12.7 Å². The number of rotatable bonds is 6. The Bertz CT molecular complexity index is 1510. The zero-order chi connectivity index (χ0) is 26.3. The Labute approximate surface area is 219 Å². The lowest BCUT2D eigenvalue weighted by atomic mass is 9.95. The van der Waals surface area contributed by atoms with Gasteiger partial charge in [-0.3, -0.25) is 9.89 Å². The molecule has 1 fully saturated rings. The summed E-state index contributed by atoms with van der Waals surface area (Å²) < 4.78 is 16.5. The van der Waals surface area contributed by atoms with Crippen LogP contribution in [0.3, 0.4) is 0 Å². The number of aromatic nitrogens is 4. The molecule has 0 aliphatic carbocycles. The van der Waals surface area contributed by atoms with Gasteiger partial charge in [0.15, 0.2) is 5.82 Å². The summed E-state index contributed by atoms with van der Waals surface area (Å²) >= 11 is 6.80. The van der Waals surface area contributed by atoms with Gasteiger partial charge in [0.25, 0.3) is 0 Å². The molecule has 0 unspecified atom stereocenters. The normalized spacial score (nSPS) is 14.2. The topological polar surface area (TPSA) is 81.3 Å². The Morgan fingerprint density at radius 1 is 1.19 bits per heavy atom. The monoisotopic (exact) mass is 521 g/mol. The smallest absolute Gasteiger partial charge is 0.246 e. The molecule has 2 aromatic heterocycles. The highest BCUT2D eigenvalue weighted by atomic mass is 35.5. The molecule has 1 aliphatic rings. The zero-order valence-electron chi connectivity index (χ0n) is 21.2. The number of amides is 1. The number of carbonyl (C=O) groups is 1. The molecule has 3 heterocycles. The molecule has 1 aliphatic heterocycles. The van der Waals surface area contributed by atoms with Crippen molar-refractivity contribution < 1.29 is 9.18 Å².